The van der Waals surface area contributed by atoms with Gasteiger partial charge in [0.25, 0.3) is 0 Å². The number of hydrogen-bond donors (Lipinski definition) is 3. The summed E-state index contributed by atoms with van der Waals surface area (Å²) in [6, 6.07) is 0. The first kappa shape index (κ1) is 43.2. The summed E-state index contributed by atoms with van der Waals surface area (Å²) in [4.78, 5) is 0. The summed E-state index contributed by atoms with van der Waals surface area (Å²) in [6.07, 6.45) is 0. The number of H-pyrrole nitrogens is 3. The van der Waals surface area contributed by atoms with E-state index in [-0.39, 0.29) is 69.7 Å². The summed E-state index contributed by atoms with van der Waals surface area (Å²) < 4.78 is -0.630. The van der Waals surface area contributed by atoms with E-state index in [0.717, 1.165) is 34.2 Å². The van der Waals surface area contributed by atoms with Crippen molar-refractivity contribution in [2.75, 3.05) is 0 Å². The Morgan fingerprint density at radius 1 is 0.364 bits per heavy atom. The quantitative estimate of drug-likeness (QED) is 0.322. The van der Waals surface area contributed by atoms with Crippen molar-refractivity contribution < 1.29 is 57.7 Å². The van der Waals surface area contributed by atoms with Crippen LogP contribution in [0.2, 0.25) is 0 Å². The van der Waals surface area contributed by atoms with E-state index in [4.69, 9.17) is 15.3 Å². The molecule has 248 valence electrons. The Hall–Kier alpha value is -0.786. The average Bonchev–Trinajstić information content (AvgIpc) is 3.46. The van der Waals surface area contributed by atoms with Crippen LogP contribution in [0.1, 0.15) is 175 Å². The van der Waals surface area contributed by atoms with Gasteiger partial charge in [0.05, 0.1) is 0 Å². The number of rotatable bonds is 3. The molecule has 0 unspecified atom stereocenters. The van der Waals surface area contributed by atoms with E-state index in [1.807, 2.05) is 0 Å². The predicted octanol–water partition coefficient (Wildman–Crippen LogP) is -0.508. The minimum absolute atomic E-state index is 0. The molecule has 0 atom stereocenters. The first-order chi connectivity index (χ1) is 18.0. The van der Waals surface area contributed by atoms with Gasteiger partial charge in [-0.1, -0.05) is 0 Å². The normalized spacial score (nSPS) is 13.7. The third-order valence-electron chi connectivity index (χ3n) is 7.81. The Morgan fingerprint density at radius 3 is 0.682 bits per heavy atom. The van der Waals surface area contributed by atoms with E-state index >= 15 is 0 Å². The smallest absolute Gasteiger partial charge is 1.00 e. The molecule has 10 heteroatoms. The first-order valence-corrected chi connectivity index (χ1v) is 15.9. The largest absolute Gasteiger partial charge is 1.00 e. The van der Waals surface area contributed by atoms with Gasteiger partial charge in [0.15, 0.2) is 0 Å². The molecule has 0 aliphatic rings. The molecule has 3 heterocycles. The molecule has 0 aliphatic carbocycles. The second kappa shape index (κ2) is 13.0. The summed E-state index contributed by atoms with van der Waals surface area (Å²) in [5, 5.41) is 26.1. The van der Waals surface area contributed by atoms with Crippen LogP contribution in [-0.4, -0.2) is 30.6 Å². The number of nitrogens with one attached hydrogen (secondary N) is 3. The van der Waals surface area contributed by atoms with Crippen LogP contribution in [0.3, 0.4) is 0 Å². The van der Waals surface area contributed by atoms with Gasteiger partial charge >= 0.3 is 263 Å². The van der Waals surface area contributed by atoms with Gasteiger partial charge in [0, 0.05) is 0 Å². The summed E-state index contributed by atoms with van der Waals surface area (Å²) in [5.74, 6) is 0. The van der Waals surface area contributed by atoms with E-state index < -0.39 is 3.72 Å². The van der Waals surface area contributed by atoms with Crippen LogP contribution < -0.4 is 37.2 Å². The molecular formula is C34H57Cl3N6Ti. The Labute approximate surface area is 298 Å². The fraction of sp³-hybridized carbons (Fsp3) is 0.735. The summed E-state index contributed by atoms with van der Waals surface area (Å²) >= 11 is 2.42. The van der Waals surface area contributed by atoms with Crippen molar-refractivity contribution in [3.8, 4) is 0 Å². The van der Waals surface area contributed by atoms with Crippen molar-refractivity contribution in [2.24, 2.45) is 0 Å². The Morgan fingerprint density at radius 2 is 0.545 bits per heavy atom. The van der Waals surface area contributed by atoms with Crippen LogP contribution in [0.4, 0.5) is 0 Å². The van der Waals surface area contributed by atoms with Crippen molar-refractivity contribution in [3.05, 3.63) is 50.9 Å². The molecule has 0 bridgehead atoms. The van der Waals surface area contributed by atoms with Crippen molar-refractivity contribution in [3.63, 3.8) is 0 Å². The first-order valence-electron chi connectivity index (χ1n) is 15.1. The van der Waals surface area contributed by atoms with Gasteiger partial charge in [-0.15, -0.1) is 0 Å². The van der Waals surface area contributed by atoms with Crippen LogP contribution in [0, 0.1) is 0 Å². The molecule has 6 nitrogen and oxygen atoms in total. The van der Waals surface area contributed by atoms with Gasteiger partial charge in [-0.25, -0.2) is 0 Å². The molecule has 0 saturated heterocycles. The second-order valence-electron chi connectivity index (χ2n) is 18.2. The number of aromatic nitrogens is 6. The van der Waals surface area contributed by atoms with Gasteiger partial charge < -0.3 is 37.2 Å². The third kappa shape index (κ3) is 7.84. The number of nitrogens with zero attached hydrogens (tertiary/aromatic N) is 3. The fourth-order valence-electron chi connectivity index (χ4n) is 5.75. The van der Waals surface area contributed by atoms with Gasteiger partial charge in [-0.2, -0.15) is 0 Å². The number of halogens is 3. The van der Waals surface area contributed by atoms with Crippen molar-refractivity contribution >= 4 is 0 Å². The second-order valence-corrected chi connectivity index (χ2v) is 19.4. The summed E-state index contributed by atoms with van der Waals surface area (Å²) in [6.45, 7) is 41.0. The van der Waals surface area contributed by atoms with E-state index in [1.54, 1.807) is 0 Å². The molecule has 0 amide bonds. The van der Waals surface area contributed by atoms with Gasteiger partial charge in [-0.3, -0.25) is 0 Å². The van der Waals surface area contributed by atoms with Crippen LogP contribution in [0.15, 0.2) is 0 Å². The van der Waals surface area contributed by atoms with E-state index in [2.05, 4.69) is 160 Å². The fourth-order valence-corrected chi connectivity index (χ4v) is 6.89. The summed E-state index contributed by atoms with van der Waals surface area (Å²) in [5.41, 5.74) is 9.37. The molecule has 3 rings (SSSR count). The number of hydrogen-bond acceptors (Lipinski definition) is 3. The van der Waals surface area contributed by atoms with Crippen molar-refractivity contribution in [2.45, 2.75) is 161 Å². The van der Waals surface area contributed by atoms with Crippen molar-refractivity contribution in [1.82, 2.24) is 30.6 Å². The van der Waals surface area contributed by atoms with Crippen molar-refractivity contribution in [1.29, 1.82) is 0 Å². The molecule has 3 N–H and O–H groups in total. The Bertz CT molecular complexity index is 1140. The summed E-state index contributed by atoms with van der Waals surface area (Å²) in [7, 11) is 0. The van der Waals surface area contributed by atoms with E-state index in [1.165, 1.54) is 16.7 Å². The zero-order chi connectivity index (χ0) is 31.9. The van der Waals surface area contributed by atoms with E-state index in [9.17, 15) is 0 Å². The maximum Gasteiger partial charge on any atom is -1.00 e. The predicted molar refractivity (Wildman–Crippen MR) is 168 cm³/mol. The molecule has 0 aromatic carbocycles. The maximum atomic E-state index is 5.12. The Balaban J connectivity index is 0.00000616. The monoisotopic (exact) mass is 702 g/mol. The Kier molecular flexibility index (Phi) is 12.8. The van der Waals surface area contributed by atoms with Crippen LogP contribution >= 0.6 is 0 Å². The third-order valence-corrected chi connectivity index (χ3v) is 8.98. The molecule has 0 spiro atoms. The zero-order valence-electron chi connectivity index (χ0n) is 30.5. The molecule has 0 radical (unpaired) electrons. The van der Waals surface area contributed by atoms with Gasteiger partial charge in [0.2, 0.25) is 0 Å². The minimum Gasteiger partial charge on any atom is -1.00 e. The molecule has 0 aliphatic heterocycles. The van der Waals surface area contributed by atoms with E-state index in [0.29, 0.717) is 0 Å². The van der Waals surface area contributed by atoms with Gasteiger partial charge in [0.1, 0.15) is 0 Å². The topological polar surface area (TPSA) is 86.0 Å². The van der Waals surface area contributed by atoms with Crippen LogP contribution in [0.5, 0.6) is 0 Å². The average molecular weight is 704 g/mol. The van der Waals surface area contributed by atoms with Crippen LogP contribution in [-0.2, 0) is 56.6 Å². The van der Waals surface area contributed by atoms with Gasteiger partial charge in [-0.05, 0) is 0 Å². The molecule has 0 saturated carbocycles. The molecule has 3 aromatic rings. The zero-order valence-corrected chi connectivity index (χ0v) is 34.3. The standard InChI is InChI=1S/C34H57N6.3ClH.Ti/c1-29(2,3)23-20(24(36-35-23)30(4,5)6)19(21-25(31(7,8)9)37-38-26(21)32(10,11)12)22-27(33(13,14)15)39-40-28(22)34(16,17)18;;;;/h1-18H3,(H,35,36)(H,37,38)(H,39,40);3*1H;/q;;;;+3/p-3. The van der Waals surface area contributed by atoms with Crippen LogP contribution in [0.25, 0.3) is 0 Å². The number of aromatic amines is 3. The SMILES string of the molecule is CC(C)(C)c1n[nH]c(C(C)(C)C)c1[C]([Ti+3])(c1c(C(C)(C)C)n[nH]c1C(C)(C)C)c1c(C(C)(C)C)n[nH]c1C(C)(C)C.[Cl-].[Cl-].[Cl-]. The molecule has 3 aromatic heterocycles. The molecule has 44 heavy (non-hydrogen) atoms. The maximum absolute atomic E-state index is 5.12. The minimum atomic E-state index is -0.630. The molecule has 0 fully saturated rings. The molecular weight excluding hydrogens is 647 g/mol.